The lowest BCUT2D eigenvalue weighted by molar-refractivity contribution is -0.157. The third-order valence-electron chi connectivity index (χ3n) is 8.07. The maximum absolute atomic E-state index is 13.4. The van der Waals surface area contributed by atoms with Crippen LogP contribution >= 0.6 is 11.6 Å². The van der Waals surface area contributed by atoms with Crippen molar-refractivity contribution >= 4 is 34.3 Å². The summed E-state index contributed by atoms with van der Waals surface area (Å²) in [5, 5.41) is 15.1. The van der Waals surface area contributed by atoms with Gasteiger partial charge in [0.05, 0.1) is 29.2 Å². The fraction of sp³-hybridized carbons (Fsp3) is 0.300. The Bertz CT molecular complexity index is 1450. The number of halogens is 1. The molecule has 0 atom stereocenters. The largest absolute Gasteiger partial charge is 0.481 e. The van der Waals surface area contributed by atoms with Crippen LogP contribution in [0.5, 0.6) is 0 Å². The van der Waals surface area contributed by atoms with Crippen molar-refractivity contribution in [3.63, 3.8) is 0 Å². The number of hydrogen-bond acceptors (Lipinski definition) is 3. The van der Waals surface area contributed by atoms with E-state index >= 15 is 0 Å². The third-order valence-corrected chi connectivity index (χ3v) is 8.40. The van der Waals surface area contributed by atoms with Crippen molar-refractivity contribution < 1.29 is 14.7 Å². The molecule has 2 fully saturated rings. The smallest absolute Gasteiger partial charge is 0.306 e. The molecule has 1 heterocycles. The van der Waals surface area contributed by atoms with Crippen molar-refractivity contribution in [1.29, 1.82) is 0 Å². The molecule has 5 nitrogen and oxygen atoms in total. The van der Waals surface area contributed by atoms with Crippen LogP contribution in [-0.2, 0) is 11.3 Å². The number of nitrogens with zero attached hydrogens (tertiary/aromatic N) is 2. The van der Waals surface area contributed by atoms with E-state index < -0.39 is 5.97 Å². The lowest BCUT2D eigenvalue weighted by Crippen LogP contribution is -2.50. The van der Waals surface area contributed by atoms with Crippen molar-refractivity contribution in [2.24, 2.45) is 17.3 Å². The predicted molar refractivity (Wildman–Crippen MR) is 140 cm³/mol. The zero-order valence-corrected chi connectivity index (χ0v) is 20.6. The molecule has 3 aromatic carbocycles. The lowest BCUT2D eigenvalue weighted by Gasteiger charge is -2.56. The Hall–Kier alpha value is -3.44. The SMILES string of the molecule is O=C(CC1CC2(C1)CC(C(=O)O)C2)c1ccc(Cl)c2cnn(Cc3ccc(-c4ccccc4)cc3)c12. The Labute approximate surface area is 214 Å². The Kier molecular flexibility index (Phi) is 5.68. The van der Waals surface area contributed by atoms with E-state index in [2.05, 4.69) is 41.5 Å². The number of hydrogen-bond donors (Lipinski definition) is 1. The molecule has 1 aromatic heterocycles. The van der Waals surface area contributed by atoms with E-state index in [1.165, 1.54) is 5.56 Å². The van der Waals surface area contributed by atoms with Gasteiger partial charge >= 0.3 is 5.97 Å². The van der Waals surface area contributed by atoms with Gasteiger partial charge in [-0.05, 0) is 65.8 Å². The van der Waals surface area contributed by atoms with Crippen LogP contribution in [0.2, 0.25) is 5.02 Å². The van der Waals surface area contributed by atoms with Gasteiger partial charge in [-0.1, -0.05) is 66.2 Å². The number of carbonyl (C=O) groups excluding carboxylic acids is 1. The maximum Gasteiger partial charge on any atom is 0.306 e. The first-order chi connectivity index (χ1) is 17.4. The highest BCUT2D eigenvalue weighted by molar-refractivity contribution is 6.36. The number of fused-ring (bicyclic) bond motifs is 1. The first-order valence-corrected chi connectivity index (χ1v) is 12.8. The molecule has 0 unspecified atom stereocenters. The van der Waals surface area contributed by atoms with Gasteiger partial charge < -0.3 is 5.11 Å². The zero-order chi connectivity index (χ0) is 24.9. The highest BCUT2D eigenvalue weighted by atomic mass is 35.5. The van der Waals surface area contributed by atoms with E-state index in [9.17, 15) is 14.7 Å². The monoisotopic (exact) mass is 498 g/mol. The van der Waals surface area contributed by atoms with Gasteiger partial charge in [0, 0.05) is 17.4 Å². The summed E-state index contributed by atoms with van der Waals surface area (Å²) in [7, 11) is 0. The molecule has 2 aliphatic carbocycles. The summed E-state index contributed by atoms with van der Waals surface area (Å²) in [5.41, 5.74) is 5.03. The summed E-state index contributed by atoms with van der Waals surface area (Å²) in [6.45, 7) is 0.544. The van der Waals surface area contributed by atoms with Crippen molar-refractivity contribution in [2.75, 3.05) is 0 Å². The fourth-order valence-electron chi connectivity index (χ4n) is 6.30. The molecule has 0 radical (unpaired) electrons. The standard InChI is InChI=1S/C30H27ClN2O3/c31-26-11-10-24(27(34)12-20-13-30(14-20)15-23(16-30)29(35)36)28-25(26)17-32-33(28)18-19-6-8-22(9-7-19)21-4-2-1-3-5-21/h1-11,17,20,23H,12-16,18H2,(H,35,36). The molecule has 6 rings (SSSR count). The first-order valence-electron chi connectivity index (χ1n) is 12.5. The van der Waals surface area contributed by atoms with Gasteiger partial charge in [0.2, 0.25) is 0 Å². The lowest BCUT2D eigenvalue weighted by atomic mass is 9.47. The summed E-state index contributed by atoms with van der Waals surface area (Å²) in [4.78, 5) is 24.5. The molecular formula is C30H27ClN2O3. The highest BCUT2D eigenvalue weighted by Gasteiger charge is 2.54. The molecule has 4 aromatic rings. The minimum Gasteiger partial charge on any atom is -0.481 e. The Morgan fingerprint density at radius 2 is 1.64 bits per heavy atom. The van der Waals surface area contributed by atoms with Gasteiger partial charge in [-0.25, -0.2) is 0 Å². The predicted octanol–water partition coefficient (Wildman–Crippen LogP) is 6.87. The second kappa shape index (κ2) is 8.90. The zero-order valence-electron chi connectivity index (χ0n) is 19.9. The molecule has 0 aliphatic heterocycles. The average molecular weight is 499 g/mol. The van der Waals surface area contributed by atoms with E-state index in [1.54, 1.807) is 12.3 Å². The average Bonchev–Trinajstić information content (AvgIpc) is 3.25. The second-order valence-corrected chi connectivity index (χ2v) is 11.0. The summed E-state index contributed by atoms with van der Waals surface area (Å²) in [6, 6.07) is 22.3. The normalized spacial score (nSPS) is 22.8. The molecule has 1 N–H and O–H groups in total. The molecule has 0 bridgehead atoms. The number of rotatable bonds is 7. The number of Topliss-reactive ketones (excluding diaryl/α,β-unsaturated/α-hetero) is 1. The van der Waals surface area contributed by atoms with Crippen LogP contribution in [-0.4, -0.2) is 26.6 Å². The number of carboxylic acids is 1. The van der Waals surface area contributed by atoms with Crippen LogP contribution in [0.15, 0.2) is 72.9 Å². The number of carboxylic acid groups (broad SMARTS) is 1. The molecular weight excluding hydrogens is 472 g/mol. The number of carbonyl (C=O) groups is 2. The minimum absolute atomic E-state index is 0.104. The summed E-state index contributed by atoms with van der Waals surface area (Å²) < 4.78 is 1.87. The van der Waals surface area contributed by atoms with Gasteiger partial charge in [-0.15, -0.1) is 0 Å². The van der Waals surface area contributed by atoms with Crippen LogP contribution in [0.1, 0.15) is 48.0 Å². The van der Waals surface area contributed by atoms with Gasteiger partial charge in [0.25, 0.3) is 0 Å². The molecule has 0 amide bonds. The number of aromatic nitrogens is 2. The van der Waals surface area contributed by atoms with Crippen LogP contribution in [0.25, 0.3) is 22.0 Å². The number of ketones is 1. The van der Waals surface area contributed by atoms with Crippen molar-refractivity contribution in [3.05, 3.63) is 89.1 Å². The van der Waals surface area contributed by atoms with Gasteiger partial charge in [-0.3, -0.25) is 14.3 Å². The summed E-state index contributed by atoms with van der Waals surface area (Å²) in [6.07, 6.45) is 5.64. The molecule has 2 aliphatic rings. The highest BCUT2D eigenvalue weighted by Crippen LogP contribution is 2.62. The summed E-state index contributed by atoms with van der Waals surface area (Å²) >= 11 is 6.47. The molecule has 182 valence electrons. The summed E-state index contributed by atoms with van der Waals surface area (Å²) in [5.74, 6) is -0.466. The Morgan fingerprint density at radius 3 is 2.33 bits per heavy atom. The quantitative estimate of drug-likeness (QED) is 0.282. The van der Waals surface area contributed by atoms with E-state index in [4.69, 9.17) is 11.6 Å². The van der Waals surface area contributed by atoms with E-state index in [1.807, 2.05) is 28.9 Å². The second-order valence-electron chi connectivity index (χ2n) is 10.6. The van der Waals surface area contributed by atoms with Crippen molar-refractivity contribution in [3.8, 4) is 11.1 Å². The van der Waals surface area contributed by atoms with Gasteiger partial charge in [0.1, 0.15) is 0 Å². The number of benzene rings is 3. The minimum atomic E-state index is -0.688. The maximum atomic E-state index is 13.4. The van der Waals surface area contributed by atoms with Crippen LogP contribution < -0.4 is 0 Å². The first kappa shape index (κ1) is 23.0. The number of aliphatic carboxylic acids is 1. The van der Waals surface area contributed by atoms with E-state index in [0.717, 1.165) is 47.7 Å². The Morgan fingerprint density at radius 1 is 0.944 bits per heavy atom. The van der Waals surface area contributed by atoms with Crippen LogP contribution in [0.4, 0.5) is 0 Å². The van der Waals surface area contributed by atoms with E-state index in [-0.39, 0.29) is 17.1 Å². The van der Waals surface area contributed by atoms with Gasteiger partial charge in [-0.2, -0.15) is 5.10 Å². The molecule has 0 saturated heterocycles. The molecule has 2 saturated carbocycles. The van der Waals surface area contributed by atoms with Gasteiger partial charge in [0.15, 0.2) is 5.78 Å². The fourth-order valence-corrected chi connectivity index (χ4v) is 6.50. The molecule has 1 spiro atoms. The van der Waals surface area contributed by atoms with E-state index in [0.29, 0.717) is 29.5 Å². The van der Waals surface area contributed by atoms with Crippen molar-refractivity contribution in [1.82, 2.24) is 9.78 Å². The third kappa shape index (κ3) is 4.11. The Balaban J connectivity index is 1.19. The topological polar surface area (TPSA) is 72.2 Å². The molecule has 6 heteroatoms. The van der Waals surface area contributed by atoms with Crippen LogP contribution in [0.3, 0.4) is 0 Å². The van der Waals surface area contributed by atoms with Crippen LogP contribution in [0, 0.1) is 17.3 Å². The van der Waals surface area contributed by atoms with Crippen molar-refractivity contribution in [2.45, 2.75) is 38.6 Å². The molecule has 36 heavy (non-hydrogen) atoms.